The predicted octanol–water partition coefficient (Wildman–Crippen LogP) is 14.2. The Balaban J connectivity index is 4.81. The molecule has 5 nitrogen and oxygen atoms in total. The molecule has 0 unspecified atom stereocenters. The summed E-state index contributed by atoms with van der Waals surface area (Å²) in [5.41, 5.74) is 2.07. The number of allylic oxidation sites excluding steroid dienone is 9. The van der Waals surface area contributed by atoms with Gasteiger partial charge in [0.15, 0.2) is 0 Å². The average molecular weight is 738 g/mol. The quantitative estimate of drug-likeness (QED) is 0.0396. The van der Waals surface area contributed by atoms with Gasteiger partial charge in [-0.25, -0.2) is 4.79 Å². The van der Waals surface area contributed by atoms with Gasteiger partial charge in [0.1, 0.15) is 0 Å². The number of nitrogens with one attached hydrogen (secondary N) is 1. The SMILES string of the molecule is CCCCC/C=C\C/C=C\CCCCCCCCC(CCCCCCCC/C=C\C/C=C\CCCCC)=C(C)C(=O)N(CCCN(C)C)C(=O)NCC. The Morgan fingerprint density at radius 2 is 0.887 bits per heavy atom. The lowest BCUT2D eigenvalue weighted by atomic mass is 9.95. The molecule has 0 aromatic carbocycles. The van der Waals surface area contributed by atoms with Gasteiger partial charge in [0.05, 0.1) is 0 Å². The van der Waals surface area contributed by atoms with Crippen LogP contribution in [0.1, 0.15) is 201 Å². The topological polar surface area (TPSA) is 52.7 Å². The Labute approximate surface area is 330 Å². The van der Waals surface area contributed by atoms with E-state index in [9.17, 15) is 9.59 Å². The van der Waals surface area contributed by atoms with Crippen molar-refractivity contribution >= 4 is 11.9 Å². The Hall–Kier alpha value is -2.40. The van der Waals surface area contributed by atoms with Gasteiger partial charge in [0, 0.05) is 18.7 Å². The number of imide groups is 1. The van der Waals surface area contributed by atoms with Gasteiger partial charge >= 0.3 is 6.03 Å². The maximum absolute atomic E-state index is 13.8. The zero-order valence-corrected chi connectivity index (χ0v) is 36.0. The molecule has 0 spiro atoms. The van der Waals surface area contributed by atoms with Crippen molar-refractivity contribution in [3.05, 3.63) is 59.8 Å². The predicted molar refractivity (Wildman–Crippen MR) is 235 cm³/mol. The molecule has 0 radical (unpaired) electrons. The first-order chi connectivity index (χ1) is 25.9. The molecule has 3 amide bonds. The van der Waals surface area contributed by atoms with E-state index in [1.54, 1.807) is 0 Å². The number of carbonyl (C=O) groups excluding carboxylic acids is 2. The van der Waals surface area contributed by atoms with E-state index >= 15 is 0 Å². The lowest BCUT2D eigenvalue weighted by molar-refractivity contribution is -0.124. The molecule has 0 aliphatic heterocycles. The van der Waals surface area contributed by atoms with Crippen LogP contribution in [0.5, 0.6) is 0 Å². The van der Waals surface area contributed by atoms with Crippen molar-refractivity contribution in [1.82, 2.24) is 15.1 Å². The molecule has 0 bridgehead atoms. The first-order valence-corrected chi connectivity index (χ1v) is 22.4. The minimum atomic E-state index is -0.266. The minimum Gasteiger partial charge on any atom is -0.338 e. The molecule has 53 heavy (non-hydrogen) atoms. The zero-order valence-electron chi connectivity index (χ0n) is 36.0. The summed E-state index contributed by atoms with van der Waals surface area (Å²) < 4.78 is 0. The van der Waals surface area contributed by atoms with Crippen LogP contribution >= 0.6 is 0 Å². The van der Waals surface area contributed by atoms with Gasteiger partial charge in [0.2, 0.25) is 0 Å². The fourth-order valence-electron chi connectivity index (χ4n) is 6.59. The molecule has 0 fully saturated rings. The molecule has 0 saturated carbocycles. The summed E-state index contributed by atoms with van der Waals surface area (Å²) in [5, 5.41) is 2.88. The van der Waals surface area contributed by atoms with Gasteiger partial charge in [-0.1, -0.05) is 145 Å². The molecule has 0 aliphatic rings. The Kier molecular flexibility index (Phi) is 37.5. The van der Waals surface area contributed by atoms with Crippen LogP contribution in [0.25, 0.3) is 0 Å². The smallest absolute Gasteiger partial charge is 0.324 e. The summed E-state index contributed by atoms with van der Waals surface area (Å²) in [4.78, 5) is 30.3. The van der Waals surface area contributed by atoms with Crippen LogP contribution in [0.3, 0.4) is 0 Å². The third-order valence-electron chi connectivity index (χ3n) is 10.0. The Morgan fingerprint density at radius 1 is 0.491 bits per heavy atom. The minimum absolute atomic E-state index is 0.107. The highest BCUT2D eigenvalue weighted by Crippen LogP contribution is 2.23. The van der Waals surface area contributed by atoms with Gasteiger partial charge in [0.25, 0.3) is 5.91 Å². The highest BCUT2D eigenvalue weighted by molar-refractivity contribution is 6.03. The summed E-state index contributed by atoms with van der Waals surface area (Å²) in [5.74, 6) is -0.107. The fourth-order valence-corrected chi connectivity index (χ4v) is 6.59. The fraction of sp³-hybridized carbons (Fsp3) is 0.750. The van der Waals surface area contributed by atoms with E-state index < -0.39 is 0 Å². The van der Waals surface area contributed by atoms with Crippen LogP contribution in [-0.4, -0.2) is 55.5 Å². The van der Waals surface area contributed by atoms with Crippen LogP contribution in [0.15, 0.2) is 59.8 Å². The zero-order chi connectivity index (χ0) is 39.0. The molecule has 0 heterocycles. The van der Waals surface area contributed by atoms with Gasteiger partial charge in [-0.15, -0.1) is 0 Å². The van der Waals surface area contributed by atoms with Gasteiger partial charge in [-0.3, -0.25) is 9.69 Å². The highest BCUT2D eigenvalue weighted by atomic mass is 16.2. The Bertz CT molecular complexity index is 956. The molecular formula is C48H87N3O2. The van der Waals surface area contributed by atoms with Gasteiger partial charge in [-0.05, 0) is 131 Å². The van der Waals surface area contributed by atoms with Crippen LogP contribution < -0.4 is 5.32 Å². The van der Waals surface area contributed by atoms with E-state index in [-0.39, 0.29) is 11.9 Å². The summed E-state index contributed by atoms with van der Waals surface area (Å²) in [6.07, 6.45) is 51.0. The summed E-state index contributed by atoms with van der Waals surface area (Å²) in [6, 6.07) is -0.266. The molecule has 306 valence electrons. The third kappa shape index (κ3) is 32.7. The van der Waals surface area contributed by atoms with Crippen molar-refractivity contribution < 1.29 is 9.59 Å². The number of nitrogens with zero attached hydrogens (tertiary/aromatic N) is 2. The maximum atomic E-state index is 13.8. The van der Waals surface area contributed by atoms with Crippen molar-refractivity contribution in [2.24, 2.45) is 0 Å². The molecule has 0 aromatic rings. The largest absolute Gasteiger partial charge is 0.338 e. The van der Waals surface area contributed by atoms with Crippen LogP contribution in [0.2, 0.25) is 0 Å². The van der Waals surface area contributed by atoms with Gasteiger partial charge in [-0.2, -0.15) is 0 Å². The molecule has 1 N–H and O–H groups in total. The number of hydrogen-bond donors (Lipinski definition) is 1. The molecule has 0 aromatic heterocycles. The van der Waals surface area contributed by atoms with Crippen LogP contribution in [0.4, 0.5) is 4.79 Å². The normalized spacial score (nSPS) is 12.0. The van der Waals surface area contributed by atoms with Gasteiger partial charge < -0.3 is 10.2 Å². The van der Waals surface area contributed by atoms with E-state index in [0.717, 1.165) is 57.1 Å². The number of urea groups is 1. The lowest BCUT2D eigenvalue weighted by Crippen LogP contribution is -2.45. The third-order valence-corrected chi connectivity index (χ3v) is 10.0. The molecule has 0 atom stereocenters. The molecule has 0 saturated heterocycles. The lowest BCUT2D eigenvalue weighted by Gasteiger charge is -2.24. The van der Waals surface area contributed by atoms with E-state index in [4.69, 9.17) is 0 Å². The van der Waals surface area contributed by atoms with Crippen molar-refractivity contribution in [2.75, 3.05) is 33.7 Å². The van der Waals surface area contributed by atoms with E-state index in [0.29, 0.717) is 13.1 Å². The first kappa shape index (κ1) is 50.6. The highest BCUT2D eigenvalue weighted by Gasteiger charge is 2.23. The Morgan fingerprint density at radius 3 is 1.28 bits per heavy atom. The number of amides is 3. The van der Waals surface area contributed by atoms with Crippen molar-refractivity contribution in [2.45, 2.75) is 201 Å². The second kappa shape index (κ2) is 39.3. The monoisotopic (exact) mass is 738 g/mol. The summed E-state index contributed by atoms with van der Waals surface area (Å²) in [6.45, 7) is 10.2. The molecular weight excluding hydrogens is 651 g/mol. The second-order valence-electron chi connectivity index (χ2n) is 15.3. The molecule has 0 rings (SSSR count). The molecule has 5 heteroatoms. The van der Waals surface area contributed by atoms with E-state index in [1.165, 1.54) is 139 Å². The van der Waals surface area contributed by atoms with E-state index in [2.05, 4.69) is 72.7 Å². The summed E-state index contributed by atoms with van der Waals surface area (Å²) >= 11 is 0. The molecule has 0 aliphatic carbocycles. The number of hydrogen-bond acceptors (Lipinski definition) is 3. The van der Waals surface area contributed by atoms with E-state index in [1.807, 2.05) is 27.9 Å². The van der Waals surface area contributed by atoms with Crippen LogP contribution in [-0.2, 0) is 4.79 Å². The van der Waals surface area contributed by atoms with Crippen molar-refractivity contribution in [1.29, 1.82) is 0 Å². The number of rotatable bonds is 36. The average Bonchev–Trinajstić information content (AvgIpc) is 3.14. The number of unbranched alkanes of at least 4 members (excludes halogenated alkanes) is 18. The number of carbonyl (C=O) groups is 2. The summed E-state index contributed by atoms with van der Waals surface area (Å²) in [7, 11) is 4.06. The first-order valence-electron chi connectivity index (χ1n) is 22.4. The second-order valence-corrected chi connectivity index (χ2v) is 15.3. The van der Waals surface area contributed by atoms with Crippen LogP contribution in [0, 0.1) is 0 Å². The standard InChI is InChI=1S/C48H87N3O2/c1-7-10-12-14-16-18-20-22-24-26-28-30-32-34-36-38-41-46(45(4)47(52)51(48(53)49-9-3)44-40-43-50(5)6)42-39-37-35-33-31-29-27-25-23-21-19-17-15-13-11-8-2/h16-19,22-25H,7-15,20-21,26-44H2,1-6H3,(H,49,53)/b18-16-,19-17-,24-22-,25-23-. The maximum Gasteiger partial charge on any atom is 0.324 e. The van der Waals surface area contributed by atoms with Crippen molar-refractivity contribution in [3.8, 4) is 0 Å². The van der Waals surface area contributed by atoms with Crippen molar-refractivity contribution in [3.63, 3.8) is 0 Å².